The zero-order valence-electron chi connectivity index (χ0n) is 11.0. The van der Waals surface area contributed by atoms with Gasteiger partial charge in [0, 0.05) is 6.54 Å². The molecule has 1 saturated heterocycles. The van der Waals surface area contributed by atoms with Gasteiger partial charge in [0.05, 0.1) is 43.7 Å². The van der Waals surface area contributed by atoms with Crippen LogP contribution in [0.4, 0.5) is 0 Å². The molecule has 3 rings (SSSR count). The molecule has 1 aromatic carbocycles. The second kappa shape index (κ2) is 5.32. The quantitative estimate of drug-likeness (QED) is 0.783. The molecule has 2 aliphatic heterocycles. The van der Waals surface area contributed by atoms with Crippen molar-refractivity contribution in [2.24, 2.45) is 0 Å². The van der Waals surface area contributed by atoms with Gasteiger partial charge in [0.1, 0.15) is 0 Å². The Morgan fingerprint density at radius 3 is 2.45 bits per heavy atom. The standard InChI is InChI=1S/C14H16N2O4/c17-7-10-8-20-6-5-15(10)9-16-13(18)11-3-1-2-4-12(11)14(16)19/h1-4,10,17H,5-9H2. The molecule has 0 bridgehead atoms. The van der Waals surface area contributed by atoms with Crippen LogP contribution in [-0.4, -0.2) is 65.8 Å². The number of ether oxygens (including phenoxy) is 1. The van der Waals surface area contributed by atoms with Gasteiger partial charge in [0.15, 0.2) is 0 Å². The highest BCUT2D eigenvalue weighted by Gasteiger charge is 2.37. The lowest BCUT2D eigenvalue weighted by Crippen LogP contribution is -2.52. The number of nitrogens with zero attached hydrogens (tertiary/aromatic N) is 2. The minimum Gasteiger partial charge on any atom is -0.395 e. The first-order valence-corrected chi connectivity index (χ1v) is 6.60. The normalized spacial score (nSPS) is 23.2. The van der Waals surface area contributed by atoms with E-state index < -0.39 is 0 Å². The lowest BCUT2D eigenvalue weighted by Gasteiger charge is -2.36. The topological polar surface area (TPSA) is 70.1 Å². The third kappa shape index (κ3) is 2.11. The van der Waals surface area contributed by atoms with Crippen molar-refractivity contribution < 1.29 is 19.4 Å². The highest BCUT2D eigenvalue weighted by atomic mass is 16.5. The number of carbonyl (C=O) groups excluding carboxylic acids is 2. The van der Waals surface area contributed by atoms with Crippen LogP contribution in [0.5, 0.6) is 0 Å². The number of morpholine rings is 1. The minimum absolute atomic E-state index is 0.0524. The molecule has 0 saturated carbocycles. The predicted molar refractivity (Wildman–Crippen MR) is 70.2 cm³/mol. The van der Waals surface area contributed by atoms with E-state index in [1.54, 1.807) is 24.3 Å². The smallest absolute Gasteiger partial charge is 0.262 e. The first-order valence-electron chi connectivity index (χ1n) is 6.60. The molecule has 1 N–H and O–H groups in total. The number of aliphatic hydroxyl groups is 1. The van der Waals surface area contributed by atoms with Crippen LogP contribution in [0.2, 0.25) is 0 Å². The zero-order chi connectivity index (χ0) is 14.1. The van der Waals surface area contributed by atoms with Gasteiger partial charge in [-0.05, 0) is 12.1 Å². The highest BCUT2D eigenvalue weighted by Crippen LogP contribution is 2.23. The summed E-state index contributed by atoms with van der Waals surface area (Å²) in [4.78, 5) is 27.7. The fourth-order valence-corrected chi connectivity index (χ4v) is 2.59. The van der Waals surface area contributed by atoms with Gasteiger partial charge in [-0.2, -0.15) is 0 Å². The van der Waals surface area contributed by atoms with E-state index in [0.29, 0.717) is 30.9 Å². The van der Waals surface area contributed by atoms with Crippen LogP contribution in [0.15, 0.2) is 24.3 Å². The maximum Gasteiger partial charge on any atom is 0.262 e. The van der Waals surface area contributed by atoms with Crippen molar-refractivity contribution in [3.8, 4) is 0 Å². The van der Waals surface area contributed by atoms with Gasteiger partial charge < -0.3 is 9.84 Å². The minimum atomic E-state index is -0.270. The maximum atomic E-state index is 12.3. The van der Waals surface area contributed by atoms with Gasteiger partial charge in [0.2, 0.25) is 0 Å². The number of amides is 2. The Labute approximate surface area is 116 Å². The van der Waals surface area contributed by atoms with Crippen molar-refractivity contribution in [1.29, 1.82) is 0 Å². The van der Waals surface area contributed by atoms with Crippen molar-refractivity contribution in [1.82, 2.24) is 9.80 Å². The Morgan fingerprint density at radius 2 is 1.85 bits per heavy atom. The largest absolute Gasteiger partial charge is 0.395 e. The average molecular weight is 276 g/mol. The summed E-state index contributed by atoms with van der Waals surface area (Å²) in [6, 6.07) is 6.65. The number of hydrogen-bond acceptors (Lipinski definition) is 5. The summed E-state index contributed by atoms with van der Waals surface area (Å²) < 4.78 is 5.29. The number of imide groups is 1. The van der Waals surface area contributed by atoms with Crippen LogP contribution in [0.25, 0.3) is 0 Å². The molecule has 20 heavy (non-hydrogen) atoms. The number of aliphatic hydroxyl groups excluding tert-OH is 1. The van der Waals surface area contributed by atoms with E-state index in [9.17, 15) is 14.7 Å². The monoisotopic (exact) mass is 276 g/mol. The molecule has 6 heteroatoms. The molecule has 0 spiro atoms. The zero-order valence-corrected chi connectivity index (χ0v) is 11.0. The molecule has 1 atom stereocenters. The molecule has 0 radical (unpaired) electrons. The van der Waals surface area contributed by atoms with Crippen molar-refractivity contribution >= 4 is 11.8 Å². The molecule has 6 nitrogen and oxygen atoms in total. The summed E-state index contributed by atoms with van der Waals surface area (Å²) in [7, 11) is 0. The lowest BCUT2D eigenvalue weighted by atomic mass is 10.1. The van der Waals surface area contributed by atoms with E-state index in [0.717, 1.165) is 0 Å². The Kier molecular flexibility index (Phi) is 3.52. The van der Waals surface area contributed by atoms with Gasteiger partial charge in [-0.3, -0.25) is 19.4 Å². The molecule has 1 unspecified atom stereocenters. The fourth-order valence-electron chi connectivity index (χ4n) is 2.59. The second-order valence-electron chi connectivity index (χ2n) is 4.95. The maximum absolute atomic E-state index is 12.3. The highest BCUT2D eigenvalue weighted by molar-refractivity contribution is 6.21. The number of hydrogen-bond donors (Lipinski definition) is 1. The predicted octanol–water partition coefficient (Wildman–Crippen LogP) is -0.0668. The Morgan fingerprint density at radius 1 is 1.20 bits per heavy atom. The summed E-state index contributed by atoms with van der Waals surface area (Å²) >= 11 is 0. The molecule has 2 amide bonds. The van der Waals surface area contributed by atoms with Crippen LogP contribution < -0.4 is 0 Å². The van der Waals surface area contributed by atoms with Crippen molar-refractivity contribution in [2.75, 3.05) is 33.0 Å². The fraction of sp³-hybridized carbons (Fsp3) is 0.429. The third-order valence-electron chi connectivity index (χ3n) is 3.76. The Bertz CT molecular complexity index is 511. The summed E-state index contributed by atoms with van der Waals surface area (Å²) in [6.07, 6.45) is 0. The molecule has 1 fully saturated rings. The molecule has 2 aliphatic rings. The van der Waals surface area contributed by atoms with Crippen LogP contribution in [0.3, 0.4) is 0 Å². The van der Waals surface area contributed by atoms with E-state index in [-0.39, 0.29) is 31.1 Å². The molecule has 1 aromatic rings. The number of fused-ring (bicyclic) bond motifs is 1. The van der Waals surface area contributed by atoms with E-state index in [1.165, 1.54) is 4.90 Å². The molecular formula is C14H16N2O4. The molecule has 106 valence electrons. The van der Waals surface area contributed by atoms with E-state index in [1.807, 2.05) is 4.90 Å². The van der Waals surface area contributed by atoms with Crippen molar-refractivity contribution in [2.45, 2.75) is 6.04 Å². The van der Waals surface area contributed by atoms with Crippen LogP contribution in [-0.2, 0) is 4.74 Å². The van der Waals surface area contributed by atoms with Gasteiger partial charge in [0.25, 0.3) is 11.8 Å². The van der Waals surface area contributed by atoms with Crippen LogP contribution in [0, 0.1) is 0 Å². The van der Waals surface area contributed by atoms with E-state index >= 15 is 0 Å². The Hall–Kier alpha value is -1.76. The van der Waals surface area contributed by atoms with Crippen molar-refractivity contribution in [3.05, 3.63) is 35.4 Å². The SMILES string of the molecule is O=C1c2ccccc2C(=O)N1CN1CCOCC1CO. The second-order valence-corrected chi connectivity index (χ2v) is 4.95. The number of rotatable bonds is 3. The average Bonchev–Trinajstić information content (AvgIpc) is 2.73. The van der Waals surface area contributed by atoms with E-state index in [4.69, 9.17) is 4.74 Å². The molecular weight excluding hydrogens is 260 g/mol. The van der Waals surface area contributed by atoms with Gasteiger partial charge >= 0.3 is 0 Å². The van der Waals surface area contributed by atoms with Crippen LogP contribution in [0.1, 0.15) is 20.7 Å². The van der Waals surface area contributed by atoms with Crippen LogP contribution >= 0.6 is 0 Å². The number of benzene rings is 1. The number of carbonyl (C=O) groups is 2. The lowest BCUT2D eigenvalue weighted by molar-refractivity contribution is -0.0423. The van der Waals surface area contributed by atoms with Gasteiger partial charge in [-0.1, -0.05) is 12.1 Å². The van der Waals surface area contributed by atoms with Crippen molar-refractivity contribution in [3.63, 3.8) is 0 Å². The molecule has 0 aromatic heterocycles. The van der Waals surface area contributed by atoms with E-state index in [2.05, 4.69) is 0 Å². The van der Waals surface area contributed by atoms with Gasteiger partial charge in [-0.25, -0.2) is 0 Å². The Balaban J connectivity index is 1.79. The summed E-state index contributed by atoms with van der Waals surface area (Å²) in [6.45, 7) is 1.70. The molecule has 2 heterocycles. The third-order valence-corrected chi connectivity index (χ3v) is 3.76. The summed E-state index contributed by atoms with van der Waals surface area (Å²) in [5.41, 5.74) is 0.901. The first kappa shape index (κ1) is 13.2. The summed E-state index contributed by atoms with van der Waals surface area (Å²) in [5, 5.41) is 9.33. The van der Waals surface area contributed by atoms with Gasteiger partial charge in [-0.15, -0.1) is 0 Å². The first-order chi connectivity index (χ1) is 9.72. The summed E-state index contributed by atoms with van der Waals surface area (Å²) in [5.74, 6) is -0.539. The molecule has 0 aliphatic carbocycles.